The molecule has 4 nitrogen and oxygen atoms in total. The summed E-state index contributed by atoms with van der Waals surface area (Å²) in [6, 6.07) is 0. The Bertz CT molecular complexity index is 555. The first kappa shape index (κ1) is 14.0. The molecule has 0 aliphatic heterocycles. The van der Waals surface area contributed by atoms with Crippen LogP contribution in [0.5, 0.6) is 0 Å². The minimum Gasteiger partial charge on any atom is -0.379 e. The largest absolute Gasteiger partial charge is 0.379 e. The van der Waals surface area contributed by atoms with E-state index >= 15 is 0 Å². The topological polar surface area (TPSA) is 46.9 Å². The van der Waals surface area contributed by atoms with E-state index < -0.39 is 0 Å². The summed E-state index contributed by atoms with van der Waals surface area (Å²) >= 11 is 6.04. The molecule has 1 fully saturated rings. The third-order valence-electron chi connectivity index (χ3n) is 3.62. The third kappa shape index (κ3) is 3.10. The summed E-state index contributed by atoms with van der Waals surface area (Å²) in [7, 11) is 0. The fraction of sp³-hybridized carbons (Fsp3) is 0.571. The first-order chi connectivity index (χ1) is 9.12. The number of hydrogen-bond donors (Lipinski definition) is 1. The van der Waals surface area contributed by atoms with Gasteiger partial charge in [0.05, 0.1) is 11.2 Å². The fourth-order valence-electron chi connectivity index (χ4n) is 2.33. The second-order valence-corrected chi connectivity index (χ2v) is 5.55. The Morgan fingerprint density at radius 2 is 2.37 bits per heavy atom. The number of rotatable bonds is 6. The molecule has 5 heteroatoms. The van der Waals surface area contributed by atoms with Crippen LogP contribution in [-0.4, -0.2) is 16.3 Å². The number of nitrogens with zero attached hydrogens (tertiary/aromatic N) is 2. The van der Waals surface area contributed by atoms with Gasteiger partial charge in [-0.2, -0.15) is 5.10 Å². The molecule has 0 amide bonds. The van der Waals surface area contributed by atoms with Crippen LogP contribution in [0.3, 0.4) is 0 Å². The zero-order valence-electron chi connectivity index (χ0n) is 11.1. The minimum atomic E-state index is -0.252. The lowest BCUT2D eigenvalue weighted by Gasteiger charge is -2.16. The summed E-state index contributed by atoms with van der Waals surface area (Å²) in [4.78, 5) is 12.1. The number of terminal acetylenes is 1. The smallest absolute Gasteiger partial charge is 0.292 e. The van der Waals surface area contributed by atoms with Crippen LogP contribution in [0.4, 0.5) is 5.69 Å². The highest BCUT2D eigenvalue weighted by Gasteiger charge is 2.41. The lowest BCUT2D eigenvalue weighted by molar-refractivity contribution is 0.485. The van der Waals surface area contributed by atoms with E-state index in [0.717, 1.165) is 13.0 Å². The van der Waals surface area contributed by atoms with Crippen molar-refractivity contribution in [1.29, 1.82) is 0 Å². The van der Waals surface area contributed by atoms with E-state index in [4.69, 9.17) is 18.0 Å². The molecule has 1 aliphatic carbocycles. The average Bonchev–Trinajstić information content (AvgIpc) is 3.13. The SMILES string of the molecule is C#CCn1ncc(Cl)c(NCC2(CCC)CC2)c1=O. The van der Waals surface area contributed by atoms with Gasteiger partial charge < -0.3 is 5.32 Å². The fourth-order valence-corrected chi connectivity index (χ4v) is 2.52. The summed E-state index contributed by atoms with van der Waals surface area (Å²) in [6.45, 7) is 3.13. The molecule has 1 aromatic heterocycles. The van der Waals surface area contributed by atoms with Gasteiger partial charge in [-0.15, -0.1) is 6.42 Å². The van der Waals surface area contributed by atoms with Crippen molar-refractivity contribution >= 4 is 17.3 Å². The van der Waals surface area contributed by atoms with E-state index in [-0.39, 0.29) is 12.1 Å². The van der Waals surface area contributed by atoms with Crippen molar-refractivity contribution in [3.8, 4) is 12.3 Å². The van der Waals surface area contributed by atoms with Crippen LogP contribution >= 0.6 is 11.6 Å². The van der Waals surface area contributed by atoms with Crippen molar-refractivity contribution in [2.75, 3.05) is 11.9 Å². The molecular weight excluding hydrogens is 262 g/mol. The molecule has 0 saturated heterocycles. The molecule has 19 heavy (non-hydrogen) atoms. The third-order valence-corrected chi connectivity index (χ3v) is 3.90. The van der Waals surface area contributed by atoms with Crippen molar-refractivity contribution in [3.05, 3.63) is 21.6 Å². The van der Waals surface area contributed by atoms with Crippen LogP contribution in [-0.2, 0) is 6.54 Å². The highest BCUT2D eigenvalue weighted by atomic mass is 35.5. The predicted octanol–water partition coefficient (Wildman–Crippen LogP) is 2.52. The van der Waals surface area contributed by atoms with Crippen LogP contribution in [0.2, 0.25) is 5.02 Å². The van der Waals surface area contributed by atoms with Crippen molar-refractivity contribution in [2.45, 2.75) is 39.2 Å². The molecule has 0 bridgehead atoms. The number of halogens is 1. The van der Waals surface area contributed by atoms with E-state index in [1.165, 1.54) is 30.1 Å². The molecule has 102 valence electrons. The molecule has 2 rings (SSSR count). The van der Waals surface area contributed by atoms with Gasteiger partial charge in [0.1, 0.15) is 12.2 Å². The zero-order chi connectivity index (χ0) is 13.9. The van der Waals surface area contributed by atoms with Crippen LogP contribution in [0.15, 0.2) is 11.0 Å². The van der Waals surface area contributed by atoms with E-state index in [9.17, 15) is 4.79 Å². The van der Waals surface area contributed by atoms with Gasteiger partial charge in [0, 0.05) is 6.54 Å². The van der Waals surface area contributed by atoms with Gasteiger partial charge in [0.25, 0.3) is 5.56 Å². The van der Waals surface area contributed by atoms with Crippen LogP contribution in [0.1, 0.15) is 32.6 Å². The normalized spacial score (nSPS) is 15.8. The van der Waals surface area contributed by atoms with Gasteiger partial charge in [-0.3, -0.25) is 4.79 Å². The van der Waals surface area contributed by atoms with Gasteiger partial charge in [0.2, 0.25) is 0 Å². The van der Waals surface area contributed by atoms with Crippen LogP contribution < -0.4 is 10.9 Å². The molecule has 0 aromatic carbocycles. The number of anilines is 1. The predicted molar refractivity (Wildman–Crippen MR) is 77.4 cm³/mol. The summed E-state index contributed by atoms with van der Waals surface area (Å²) < 4.78 is 1.24. The van der Waals surface area contributed by atoms with Gasteiger partial charge in [-0.05, 0) is 24.7 Å². The molecule has 0 spiro atoms. The van der Waals surface area contributed by atoms with Crippen LogP contribution in [0.25, 0.3) is 0 Å². The maximum Gasteiger partial charge on any atom is 0.292 e. The quantitative estimate of drug-likeness (QED) is 0.814. The Labute approximate surface area is 118 Å². The number of hydrogen-bond acceptors (Lipinski definition) is 3. The van der Waals surface area contributed by atoms with Gasteiger partial charge in [-0.25, -0.2) is 4.68 Å². The Morgan fingerprint density at radius 3 is 2.95 bits per heavy atom. The first-order valence-corrected chi connectivity index (χ1v) is 6.92. The maximum absolute atomic E-state index is 12.1. The Morgan fingerprint density at radius 1 is 1.63 bits per heavy atom. The number of aromatic nitrogens is 2. The summed E-state index contributed by atoms with van der Waals surface area (Å²) in [5, 5.41) is 7.46. The van der Waals surface area contributed by atoms with Gasteiger partial charge in [0.15, 0.2) is 0 Å². The molecule has 1 saturated carbocycles. The van der Waals surface area contributed by atoms with Gasteiger partial charge >= 0.3 is 0 Å². The van der Waals surface area contributed by atoms with Crippen molar-refractivity contribution in [2.24, 2.45) is 5.41 Å². The molecule has 0 atom stereocenters. The average molecular weight is 280 g/mol. The molecule has 1 heterocycles. The maximum atomic E-state index is 12.1. The van der Waals surface area contributed by atoms with Crippen molar-refractivity contribution < 1.29 is 0 Å². The zero-order valence-corrected chi connectivity index (χ0v) is 11.8. The monoisotopic (exact) mass is 279 g/mol. The Balaban J connectivity index is 2.14. The standard InChI is InChI=1S/C14H18ClN3O/c1-3-5-14(6-7-14)10-16-12-11(15)9-17-18(8-4-2)13(12)19/h2,9,16H,3,5-8,10H2,1H3. The second kappa shape index (κ2) is 5.66. The lowest BCUT2D eigenvalue weighted by atomic mass is 10.0. The minimum absolute atomic E-state index is 0.158. The van der Waals surface area contributed by atoms with E-state index in [1.807, 2.05) is 0 Å². The second-order valence-electron chi connectivity index (χ2n) is 5.14. The van der Waals surface area contributed by atoms with Crippen LogP contribution in [0, 0.1) is 17.8 Å². The number of nitrogens with one attached hydrogen (secondary N) is 1. The highest BCUT2D eigenvalue weighted by molar-refractivity contribution is 6.32. The molecular formula is C14H18ClN3O. The molecule has 0 unspecified atom stereocenters. The van der Waals surface area contributed by atoms with E-state index in [1.54, 1.807) is 0 Å². The summed E-state index contributed by atoms with van der Waals surface area (Å²) in [5.41, 5.74) is 0.511. The van der Waals surface area contributed by atoms with Gasteiger partial charge in [-0.1, -0.05) is 30.9 Å². The molecule has 0 radical (unpaired) electrons. The van der Waals surface area contributed by atoms with E-state index in [2.05, 4.69) is 23.3 Å². The molecule has 1 aliphatic rings. The van der Waals surface area contributed by atoms with E-state index in [0.29, 0.717) is 16.1 Å². The first-order valence-electron chi connectivity index (χ1n) is 6.55. The van der Waals surface area contributed by atoms with Crippen molar-refractivity contribution in [3.63, 3.8) is 0 Å². The Kier molecular flexibility index (Phi) is 4.16. The Hall–Kier alpha value is -1.47. The van der Waals surface area contributed by atoms with Crippen molar-refractivity contribution in [1.82, 2.24) is 9.78 Å². The lowest BCUT2D eigenvalue weighted by Crippen LogP contribution is -2.28. The molecule has 1 aromatic rings. The summed E-state index contributed by atoms with van der Waals surface area (Å²) in [5.74, 6) is 2.41. The molecule has 1 N–H and O–H groups in total. The summed E-state index contributed by atoms with van der Waals surface area (Å²) in [6.07, 6.45) is 11.4. The highest BCUT2D eigenvalue weighted by Crippen LogP contribution is 2.49.